The average molecular weight is 690 g/mol. The number of rotatable bonds is 8. The molecule has 3 aromatic rings. The largest absolute Gasteiger partial charge is 0.486 e. The molecule has 0 aliphatic carbocycles. The molecule has 0 aromatic heterocycles. The molecular weight excluding hydrogens is 660 g/mol. The summed E-state index contributed by atoms with van der Waals surface area (Å²) in [6.07, 6.45) is -12.0. The molecule has 2 N–H and O–H groups in total. The number of benzene rings is 3. The van der Waals surface area contributed by atoms with Crippen molar-refractivity contribution < 1.29 is 58.7 Å². The van der Waals surface area contributed by atoms with Crippen molar-refractivity contribution >= 4 is 33.4 Å². The van der Waals surface area contributed by atoms with Crippen molar-refractivity contribution in [2.75, 3.05) is 16.2 Å². The molecule has 10 nitrogen and oxygen atoms in total. The molecule has 3 aromatic carbocycles. The molecule has 1 atom stereocenters. The number of ether oxygens (including phenoxy) is 2. The number of hydrogen-bond acceptors (Lipinski definition) is 7. The summed E-state index contributed by atoms with van der Waals surface area (Å²) in [6.45, 7) is 3.91. The number of anilines is 2. The molecule has 0 saturated carbocycles. The van der Waals surface area contributed by atoms with Gasteiger partial charge in [0.25, 0.3) is 10.0 Å². The Labute approximate surface area is 265 Å². The molecular formula is C30H29F6N3O7S. The maximum absolute atomic E-state index is 13.8. The predicted molar refractivity (Wildman–Crippen MR) is 156 cm³/mol. The molecule has 0 spiro atoms. The van der Waals surface area contributed by atoms with E-state index in [0.29, 0.717) is 12.1 Å². The third kappa shape index (κ3) is 9.28. The maximum atomic E-state index is 13.8. The van der Waals surface area contributed by atoms with Gasteiger partial charge in [0.05, 0.1) is 41.3 Å². The van der Waals surface area contributed by atoms with E-state index in [4.69, 9.17) is 14.3 Å². The van der Waals surface area contributed by atoms with Crippen LogP contribution in [0.15, 0.2) is 71.6 Å². The second kappa shape index (κ2) is 13.3. The van der Waals surface area contributed by atoms with Gasteiger partial charge in [-0.05, 0) is 74.9 Å². The Balaban J connectivity index is 1.56. The van der Waals surface area contributed by atoms with Crippen LogP contribution in [0.2, 0.25) is 0 Å². The first-order chi connectivity index (χ1) is 21.7. The molecule has 0 bridgehead atoms. The summed E-state index contributed by atoms with van der Waals surface area (Å²) < 4.78 is 119. The van der Waals surface area contributed by atoms with Gasteiger partial charge in [-0.2, -0.15) is 26.3 Å². The fraction of sp³-hybridized carbons (Fsp3) is 0.333. The summed E-state index contributed by atoms with van der Waals surface area (Å²) in [5.74, 6) is -0.908. The lowest BCUT2D eigenvalue weighted by Crippen LogP contribution is -2.45. The number of fused-ring (bicyclic) bond motifs is 1. The summed E-state index contributed by atoms with van der Waals surface area (Å²) in [5, 5.41) is 2.45. The monoisotopic (exact) mass is 689 g/mol. The molecule has 0 saturated heterocycles. The molecule has 1 aliphatic heterocycles. The Morgan fingerprint density at radius 3 is 2.19 bits per heavy atom. The zero-order valence-electron chi connectivity index (χ0n) is 25.0. The van der Waals surface area contributed by atoms with Crippen molar-refractivity contribution in [3.8, 4) is 5.75 Å². The van der Waals surface area contributed by atoms with Crippen molar-refractivity contribution in [1.82, 2.24) is 5.48 Å². The van der Waals surface area contributed by atoms with E-state index in [2.05, 4.69) is 10.8 Å². The van der Waals surface area contributed by atoms with Crippen LogP contribution in [0.4, 0.5) is 42.5 Å². The van der Waals surface area contributed by atoms with E-state index in [-0.39, 0.29) is 22.7 Å². The van der Waals surface area contributed by atoms with Gasteiger partial charge in [-0.15, -0.1) is 0 Å². The number of nitrogens with zero attached hydrogens (tertiary/aromatic N) is 1. The first kappa shape index (κ1) is 35.3. The average Bonchev–Trinajstić information content (AvgIpc) is 2.95. The van der Waals surface area contributed by atoms with E-state index in [9.17, 15) is 44.3 Å². The molecule has 17 heteroatoms. The third-order valence-corrected chi connectivity index (χ3v) is 8.15. The molecule has 1 aliphatic rings. The fourth-order valence-corrected chi connectivity index (χ4v) is 5.94. The minimum atomic E-state index is -4.84. The molecule has 0 unspecified atom stereocenters. The number of hydrogen-bond donors (Lipinski definition) is 2. The van der Waals surface area contributed by atoms with Crippen LogP contribution in [-0.2, 0) is 43.4 Å². The lowest BCUT2D eigenvalue weighted by atomic mass is 10.1. The number of carbonyl (C=O) groups excluding carboxylic acids is 2. The van der Waals surface area contributed by atoms with Gasteiger partial charge in [-0.1, -0.05) is 18.2 Å². The van der Waals surface area contributed by atoms with Gasteiger partial charge in [-0.3, -0.25) is 19.3 Å². The zero-order chi connectivity index (χ0) is 34.8. The van der Waals surface area contributed by atoms with Crippen LogP contribution < -0.4 is 19.8 Å². The van der Waals surface area contributed by atoms with Crippen LogP contribution in [0.1, 0.15) is 43.9 Å². The van der Waals surface area contributed by atoms with E-state index in [1.165, 1.54) is 30.3 Å². The number of sulfonamides is 1. The third-order valence-electron chi connectivity index (χ3n) is 6.38. The topological polar surface area (TPSA) is 123 Å². The van der Waals surface area contributed by atoms with Crippen LogP contribution >= 0.6 is 0 Å². The summed E-state index contributed by atoms with van der Waals surface area (Å²) in [7, 11) is -4.72. The summed E-state index contributed by atoms with van der Waals surface area (Å²) in [6, 6.07) is 11.2. The Morgan fingerprint density at radius 2 is 1.55 bits per heavy atom. The molecule has 47 heavy (non-hydrogen) atoms. The SMILES string of the molecule is CC(C)(C)OC(=O)Nc1ccc2c(c1)N(S(=O)(=O)c1cccc(C(F)(F)F)c1)C[C@H](CC(=O)NOCc1cccc(C(F)(F)F)c1)O2. The van der Waals surface area contributed by atoms with Crippen molar-refractivity contribution in [3.05, 3.63) is 83.4 Å². The molecule has 2 amide bonds. The van der Waals surface area contributed by atoms with E-state index >= 15 is 0 Å². The maximum Gasteiger partial charge on any atom is 0.416 e. The van der Waals surface area contributed by atoms with Crippen LogP contribution in [0, 0.1) is 0 Å². The van der Waals surface area contributed by atoms with Crippen LogP contribution in [0.3, 0.4) is 0 Å². The minimum absolute atomic E-state index is 0.0741. The van der Waals surface area contributed by atoms with E-state index in [1.54, 1.807) is 20.8 Å². The van der Waals surface area contributed by atoms with Gasteiger partial charge in [-0.25, -0.2) is 18.7 Å². The van der Waals surface area contributed by atoms with Gasteiger partial charge in [0.2, 0.25) is 5.91 Å². The standard InChI is InChI=1S/C30H29F6N3O7S/c1-28(2,3)46-27(41)37-21-10-11-25-24(14-21)39(47(42,43)23-9-5-8-20(13-23)30(34,35)36)16-22(45-25)15-26(40)38-44-17-18-6-4-7-19(12-18)29(31,32)33/h4-14,22H,15-17H2,1-3H3,(H,37,41)(H,38,40)/t22-/m0/s1. The molecule has 0 radical (unpaired) electrons. The molecule has 254 valence electrons. The van der Waals surface area contributed by atoms with Gasteiger partial charge in [0.15, 0.2) is 0 Å². The van der Waals surface area contributed by atoms with Crippen LogP contribution in [-0.4, -0.2) is 38.7 Å². The predicted octanol–water partition coefficient (Wildman–Crippen LogP) is 6.67. The number of alkyl halides is 6. The quantitative estimate of drug-likeness (QED) is 0.200. The van der Waals surface area contributed by atoms with Crippen molar-refractivity contribution in [1.29, 1.82) is 0 Å². The zero-order valence-corrected chi connectivity index (χ0v) is 25.8. The van der Waals surface area contributed by atoms with Gasteiger partial charge in [0, 0.05) is 5.69 Å². The number of nitrogens with one attached hydrogen (secondary N) is 2. The summed E-state index contributed by atoms with van der Waals surface area (Å²) in [5.41, 5.74) is -0.873. The second-order valence-corrected chi connectivity index (χ2v) is 13.2. The number of hydroxylamine groups is 1. The van der Waals surface area contributed by atoms with Gasteiger partial charge < -0.3 is 9.47 Å². The van der Waals surface area contributed by atoms with E-state index in [0.717, 1.165) is 28.6 Å². The van der Waals surface area contributed by atoms with Gasteiger partial charge in [0.1, 0.15) is 17.5 Å². The van der Waals surface area contributed by atoms with Crippen LogP contribution in [0.25, 0.3) is 0 Å². The van der Waals surface area contributed by atoms with Crippen molar-refractivity contribution in [3.63, 3.8) is 0 Å². The number of amides is 2. The van der Waals surface area contributed by atoms with E-state index in [1.807, 2.05) is 0 Å². The first-order valence-corrected chi connectivity index (χ1v) is 15.2. The summed E-state index contributed by atoms with van der Waals surface area (Å²) >= 11 is 0. The Hall–Kier alpha value is -4.51. The highest BCUT2D eigenvalue weighted by molar-refractivity contribution is 7.92. The number of carbonyl (C=O) groups is 2. The summed E-state index contributed by atoms with van der Waals surface area (Å²) in [4.78, 5) is 29.3. The minimum Gasteiger partial charge on any atom is -0.486 e. The lowest BCUT2D eigenvalue weighted by Gasteiger charge is -2.35. The highest BCUT2D eigenvalue weighted by Gasteiger charge is 2.38. The second-order valence-electron chi connectivity index (χ2n) is 11.3. The fourth-order valence-electron chi connectivity index (χ4n) is 4.39. The van der Waals surface area contributed by atoms with Gasteiger partial charge >= 0.3 is 18.4 Å². The Morgan fingerprint density at radius 1 is 0.915 bits per heavy atom. The van der Waals surface area contributed by atoms with Crippen molar-refractivity contribution in [2.24, 2.45) is 0 Å². The lowest BCUT2D eigenvalue weighted by molar-refractivity contribution is -0.139. The van der Waals surface area contributed by atoms with E-state index < -0.39 is 81.7 Å². The Bertz CT molecular complexity index is 1740. The van der Waals surface area contributed by atoms with Crippen LogP contribution in [0.5, 0.6) is 5.75 Å². The normalized spacial score (nSPS) is 15.3. The smallest absolute Gasteiger partial charge is 0.416 e. The molecule has 4 rings (SSSR count). The highest BCUT2D eigenvalue weighted by Crippen LogP contribution is 2.40. The Kier molecular flexibility index (Phi) is 10.0. The molecule has 0 fully saturated rings. The molecule has 1 heterocycles. The first-order valence-electron chi connectivity index (χ1n) is 13.8. The number of halogens is 6. The van der Waals surface area contributed by atoms with Crippen molar-refractivity contribution in [2.45, 2.75) is 62.8 Å². The highest BCUT2D eigenvalue weighted by atomic mass is 32.2.